The van der Waals surface area contributed by atoms with Gasteiger partial charge in [-0.25, -0.2) is 4.79 Å². The van der Waals surface area contributed by atoms with Gasteiger partial charge in [0.05, 0.1) is 13.5 Å². The second-order valence-corrected chi connectivity index (χ2v) is 8.80. The molecule has 0 bridgehead atoms. The van der Waals surface area contributed by atoms with Crippen LogP contribution < -0.4 is 5.32 Å². The fourth-order valence-electron chi connectivity index (χ4n) is 3.39. The average Bonchev–Trinajstić information content (AvgIpc) is 2.77. The van der Waals surface area contributed by atoms with Gasteiger partial charge in [0.15, 0.2) is 16.8 Å². The predicted molar refractivity (Wildman–Crippen MR) is 90.7 cm³/mol. The van der Waals surface area contributed by atoms with Crippen molar-refractivity contribution in [2.75, 3.05) is 7.11 Å². The van der Waals surface area contributed by atoms with Crippen molar-refractivity contribution in [3.63, 3.8) is 0 Å². The third-order valence-corrected chi connectivity index (χ3v) is 6.90. The van der Waals surface area contributed by atoms with Crippen molar-refractivity contribution in [3.05, 3.63) is 35.9 Å². The standard InChI is InChI=1S/C17H20N2O5S/c1-17(2)13(16(22)24-3)19-14(21)12(15(19)25(17)23)18-11(20)9-10-7-5-4-6-8-10/h4-8,12-13,15H,9H2,1-3H3,(H,18,20)/t12?,13?,15-,25?/m1/s1. The average molecular weight is 364 g/mol. The summed E-state index contributed by atoms with van der Waals surface area (Å²) in [6, 6.07) is 7.37. The van der Waals surface area contributed by atoms with Crippen LogP contribution in [0.1, 0.15) is 19.4 Å². The molecule has 25 heavy (non-hydrogen) atoms. The monoisotopic (exact) mass is 364 g/mol. The van der Waals surface area contributed by atoms with Crippen molar-refractivity contribution in [1.29, 1.82) is 0 Å². The van der Waals surface area contributed by atoms with Crippen LogP contribution in [0, 0.1) is 0 Å². The molecule has 0 aliphatic carbocycles. The Balaban J connectivity index is 1.73. The number of hydrogen-bond donors (Lipinski definition) is 1. The van der Waals surface area contributed by atoms with Crippen LogP contribution in [-0.2, 0) is 36.7 Å². The van der Waals surface area contributed by atoms with E-state index in [1.165, 1.54) is 12.0 Å². The van der Waals surface area contributed by atoms with Gasteiger partial charge in [-0.05, 0) is 30.6 Å². The van der Waals surface area contributed by atoms with Gasteiger partial charge >= 0.3 is 5.97 Å². The maximum absolute atomic E-state index is 12.8. The molecule has 0 spiro atoms. The highest BCUT2D eigenvalue weighted by atomic mass is 32.2. The van der Waals surface area contributed by atoms with Gasteiger partial charge in [0.1, 0.15) is 0 Å². The van der Waals surface area contributed by atoms with E-state index >= 15 is 0 Å². The minimum atomic E-state index is -1.50. The molecule has 3 unspecified atom stereocenters. The number of amides is 2. The number of nitrogens with one attached hydrogen (secondary N) is 1. The first-order chi connectivity index (χ1) is 11.8. The molecular weight excluding hydrogens is 344 g/mol. The lowest BCUT2D eigenvalue weighted by molar-refractivity contribution is -0.162. The summed E-state index contributed by atoms with van der Waals surface area (Å²) in [4.78, 5) is 38.0. The smallest absolute Gasteiger partial charge is 0.334 e. The summed E-state index contributed by atoms with van der Waals surface area (Å²) in [5.41, 5.74) is 0.823. The van der Waals surface area contributed by atoms with Crippen LogP contribution in [0.2, 0.25) is 0 Å². The SMILES string of the molecule is COC(=O)C1N2C(=O)C(NC(=O)Cc3ccccc3)[C@H]2[S+]([O-])C1(C)C. The number of esters is 1. The molecule has 0 aromatic heterocycles. The molecule has 2 aliphatic heterocycles. The fourth-order valence-corrected chi connectivity index (χ4v) is 5.31. The Morgan fingerprint density at radius 3 is 2.56 bits per heavy atom. The quantitative estimate of drug-likeness (QED) is 0.459. The van der Waals surface area contributed by atoms with E-state index in [4.69, 9.17) is 4.74 Å². The lowest BCUT2D eigenvalue weighted by Crippen LogP contribution is -2.72. The Bertz CT molecular complexity index is 708. The van der Waals surface area contributed by atoms with Gasteiger partial charge in [-0.15, -0.1) is 0 Å². The van der Waals surface area contributed by atoms with Gasteiger partial charge in [0, 0.05) is 0 Å². The number of rotatable bonds is 4. The van der Waals surface area contributed by atoms with Crippen LogP contribution >= 0.6 is 0 Å². The number of ether oxygens (including phenoxy) is 1. The van der Waals surface area contributed by atoms with Crippen molar-refractivity contribution >= 4 is 29.0 Å². The maximum Gasteiger partial charge on any atom is 0.334 e. The second kappa shape index (κ2) is 6.34. The summed E-state index contributed by atoms with van der Waals surface area (Å²) in [6.07, 6.45) is 0.133. The number of carbonyl (C=O) groups is 3. The Labute approximate surface area is 148 Å². The fraction of sp³-hybridized carbons (Fsp3) is 0.471. The van der Waals surface area contributed by atoms with Gasteiger partial charge in [-0.1, -0.05) is 30.3 Å². The number of carbonyl (C=O) groups excluding carboxylic acids is 3. The summed E-state index contributed by atoms with van der Waals surface area (Å²) in [5, 5.41) is 1.95. The van der Waals surface area contributed by atoms with E-state index in [1.54, 1.807) is 13.8 Å². The van der Waals surface area contributed by atoms with Crippen LogP contribution in [-0.4, -0.2) is 56.6 Å². The minimum Gasteiger partial charge on any atom is -0.614 e. The summed E-state index contributed by atoms with van der Waals surface area (Å²) in [5.74, 6) is -1.32. The normalized spacial score (nSPS) is 29.6. The molecule has 0 radical (unpaired) electrons. The van der Waals surface area contributed by atoms with Crippen LogP contribution in [0.5, 0.6) is 0 Å². The van der Waals surface area contributed by atoms with Gasteiger partial charge in [0.2, 0.25) is 11.3 Å². The van der Waals surface area contributed by atoms with E-state index in [-0.39, 0.29) is 12.3 Å². The molecule has 1 N–H and O–H groups in total. The molecule has 2 heterocycles. The largest absolute Gasteiger partial charge is 0.614 e. The molecule has 2 saturated heterocycles. The Morgan fingerprint density at radius 1 is 1.32 bits per heavy atom. The number of β-lactam (4-membered cyclic amide) rings is 1. The molecule has 3 rings (SSSR count). The molecule has 1 aromatic rings. The van der Waals surface area contributed by atoms with E-state index in [9.17, 15) is 18.9 Å². The van der Waals surface area contributed by atoms with Crippen molar-refractivity contribution in [3.8, 4) is 0 Å². The summed E-state index contributed by atoms with van der Waals surface area (Å²) in [6.45, 7) is 3.33. The zero-order chi connectivity index (χ0) is 18.4. The van der Waals surface area contributed by atoms with Gasteiger partial charge < -0.3 is 14.6 Å². The highest BCUT2D eigenvalue weighted by Crippen LogP contribution is 2.46. The lowest BCUT2D eigenvalue weighted by atomic mass is 9.96. The molecule has 7 nitrogen and oxygen atoms in total. The Kier molecular flexibility index (Phi) is 4.51. The van der Waals surface area contributed by atoms with E-state index in [2.05, 4.69) is 5.32 Å². The lowest BCUT2D eigenvalue weighted by Gasteiger charge is -2.41. The minimum absolute atomic E-state index is 0.133. The summed E-state index contributed by atoms with van der Waals surface area (Å²) in [7, 11) is 1.23. The van der Waals surface area contributed by atoms with E-state index in [0.29, 0.717) is 0 Å². The van der Waals surface area contributed by atoms with E-state index < -0.39 is 45.3 Å². The van der Waals surface area contributed by atoms with E-state index in [1.807, 2.05) is 30.3 Å². The van der Waals surface area contributed by atoms with Crippen molar-refractivity contribution < 1.29 is 23.7 Å². The first kappa shape index (κ1) is 17.8. The number of methoxy groups -OCH3 is 1. The predicted octanol–water partition coefficient (Wildman–Crippen LogP) is -0.0353. The van der Waals surface area contributed by atoms with Crippen molar-refractivity contribution in [1.82, 2.24) is 10.2 Å². The third kappa shape index (κ3) is 2.79. The van der Waals surface area contributed by atoms with E-state index in [0.717, 1.165) is 5.56 Å². The van der Waals surface area contributed by atoms with Crippen LogP contribution in [0.3, 0.4) is 0 Å². The molecule has 4 atom stereocenters. The van der Waals surface area contributed by atoms with Crippen LogP contribution in [0.15, 0.2) is 30.3 Å². The Hall–Kier alpha value is -2.06. The topological polar surface area (TPSA) is 98.8 Å². The summed E-state index contributed by atoms with van der Waals surface area (Å²) < 4.78 is 16.6. The van der Waals surface area contributed by atoms with Gasteiger partial charge in [-0.3, -0.25) is 14.5 Å². The van der Waals surface area contributed by atoms with Crippen molar-refractivity contribution in [2.45, 2.75) is 42.5 Å². The molecule has 134 valence electrons. The zero-order valence-corrected chi connectivity index (χ0v) is 15.0. The molecule has 2 aliphatic rings. The summed E-state index contributed by atoms with van der Waals surface area (Å²) >= 11 is -1.50. The maximum atomic E-state index is 12.8. The number of nitrogens with zero attached hydrogens (tertiary/aromatic N) is 1. The van der Waals surface area contributed by atoms with Gasteiger partial charge in [0.25, 0.3) is 5.91 Å². The zero-order valence-electron chi connectivity index (χ0n) is 14.2. The first-order valence-corrected chi connectivity index (χ1v) is 9.14. The van der Waals surface area contributed by atoms with Crippen LogP contribution in [0.25, 0.3) is 0 Å². The van der Waals surface area contributed by atoms with Crippen LogP contribution in [0.4, 0.5) is 0 Å². The highest BCUT2D eigenvalue weighted by Gasteiger charge is 2.73. The molecule has 2 amide bonds. The van der Waals surface area contributed by atoms with Gasteiger partial charge in [-0.2, -0.15) is 0 Å². The number of hydrogen-bond acceptors (Lipinski definition) is 5. The first-order valence-electron chi connectivity index (χ1n) is 7.93. The molecule has 2 fully saturated rings. The third-order valence-electron chi connectivity index (χ3n) is 4.70. The second-order valence-electron chi connectivity index (χ2n) is 6.67. The Morgan fingerprint density at radius 2 is 1.96 bits per heavy atom. The highest BCUT2D eigenvalue weighted by molar-refractivity contribution is 7.94. The molecule has 1 aromatic carbocycles. The molecular formula is C17H20N2O5S. The number of benzene rings is 1. The molecule has 0 saturated carbocycles. The molecule has 8 heteroatoms. The van der Waals surface area contributed by atoms with Crippen molar-refractivity contribution in [2.24, 2.45) is 0 Å². The number of fused-ring (bicyclic) bond motifs is 1.